The van der Waals surface area contributed by atoms with Gasteiger partial charge in [0.05, 0.1) is 17.8 Å². The molecule has 0 spiro atoms. The van der Waals surface area contributed by atoms with Gasteiger partial charge >= 0.3 is 0 Å². The molecule has 0 unspecified atom stereocenters. The molecule has 0 saturated heterocycles. The number of aromatic nitrogens is 2. The lowest BCUT2D eigenvalue weighted by molar-refractivity contribution is -0.120. The second kappa shape index (κ2) is 2.90. The Balaban J connectivity index is 1.98. The molecule has 0 N–H and O–H groups in total. The molecule has 0 amide bonds. The normalized spacial score (nSPS) is 16.4. The van der Waals surface area contributed by atoms with Crippen molar-refractivity contribution < 1.29 is 4.79 Å². The van der Waals surface area contributed by atoms with Crippen LogP contribution in [0.25, 0.3) is 0 Å². The molecule has 1 aliphatic rings. The molecule has 64 valence electrons. The Hall–Kier alpha value is -0.830. The molecule has 1 aromatic rings. The third-order valence-electron chi connectivity index (χ3n) is 1.95. The number of hydrogen-bond donors (Lipinski definition) is 0. The standard InChI is InChI=1S/C8H9ClN2O/c9-7-3-10-11(4-7)5-8(12)6-1-2-6/h3-4,6H,1-2,5H2. The minimum absolute atomic E-state index is 0.273. The lowest BCUT2D eigenvalue weighted by Gasteiger charge is -1.97. The number of halogens is 1. The Labute approximate surface area is 75.3 Å². The molecule has 12 heavy (non-hydrogen) atoms. The van der Waals surface area contributed by atoms with Gasteiger partial charge in [0.1, 0.15) is 0 Å². The predicted molar refractivity (Wildman–Crippen MR) is 45.0 cm³/mol. The van der Waals surface area contributed by atoms with Crippen molar-refractivity contribution in [2.24, 2.45) is 5.92 Å². The molecule has 0 radical (unpaired) electrons. The van der Waals surface area contributed by atoms with Gasteiger partial charge in [0.25, 0.3) is 0 Å². The number of Topliss-reactive ketones (excluding diaryl/α,β-unsaturated/α-hetero) is 1. The van der Waals surface area contributed by atoms with Crippen LogP contribution in [0, 0.1) is 5.92 Å². The molecule has 0 aromatic carbocycles. The van der Waals surface area contributed by atoms with Crippen LogP contribution in [0.5, 0.6) is 0 Å². The van der Waals surface area contributed by atoms with Crippen molar-refractivity contribution >= 4 is 17.4 Å². The van der Waals surface area contributed by atoms with Gasteiger partial charge in [-0.3, -0.25) is 9.48 Å². The first-order valence-corrected chi connectivity index (χ1v) is 4.34. The molecule has 1 aliphatic carbocycles. The Morgan fingerprint density at radius 3 is 3.00 bits per heavy atom. The number of ketones is 1. The highest BCUT2D eigenvalue weighted by molar-refractivity contribution is 6.30. The Morgan fingerprint density at radius 1 is 1.75 bits per heavy atom. The minimum atomic E-state index is 0.273. The van der Waals surface area contributed by atoms with Crippen LogP contribution in [-0.4, -0.2) is 15.6 Å². The first-order valence-electron chi connectivity index (χ1n) is 3.96. The van der Waals surface area contributed by atoms with Gasteiger partial charge in [-0.25, -0.2) is 0 Å². The molecule has 3 nitrogen and oxygen atoms in total. The van der Waals surface area contributed by atoms with Gasteiger partial charge in [0.15, 0.2) is 5.78 Å². The SMILES string of the molecule is O=C(Cn1cc(Cl)cn1)C1CC1. The predicted octanol–water partition coefficient (Wildman–Crippen LogP) is 1.52. The molecular weight excluding hydrogens is 176 g/mol. The summed E-state index contributed by atoms with van der Waals surface area (Å²) in [5.41, 5.74) is 0. The number of carbonyl (C=O) groups excluding carboxylic acids is 1. The van der Waals surface area contributed by atoms with Crippen LogP contribution in [-0.2, 0) is 11.3 Å². The maximum absolute atomic E-state index is 11.3. The summed E-state index contributed by atoms with van der Waals surface area (Å²) in [7, 11) is 0. The number of hydrogen-bond acceptors (Lipinski definition) is 2. The molecule has 1 aromatic heterocycles. The van der Waals surface area contributed by atoms with Gasteiger partial charge in [0, 0.05) is 12.1 Å². The van der Waals surface area contributed by atoms with Crippen molar-refractivity contribution in [1.29, 1.82) is 0 Å². The Bertz CT molecular complexity index is 304. The molecule has 0 atom stereocenters. The van der Waals surface area contributed by atoms with Crippen LogP contribution < -0.4 is 0 Å². The van der Waals surface area contributed by atoms with Gasteiger partial charge in [0.2, 0.25) is 0 Å². The van der Waals surface area contributed by atoms with Crippen LogP contribution in [0.1, 0.15) is 12.8 Å². The zero-order chi connectivity index (χ0) is 8.55. The average Bonchev–Trinajstić information content (AvgIpc) is 2.78. The maximum Gasteiger partial charge on any atom is 0.157 e. The Morgan fingerprint density at radius 2 is 2.50 bits per heavy atom. The molecule has 1 fully saturated rings. The van der Waals surface area contributed by atoms with Crippen molar-refractivity contribution in [3.63, 3.8) is 0 Å². The van der Waals surface area contributed by atoms with E-state index in [9.17, 15) is 4.79 Å². The highest BCUT2D eigenvalue weighted by atomic mass is 35.5. The van der Waals surface area contributed by atoms with Crippen molar-refractivity contribution in [2.75, 3.05) is 0 Å². The smallest absolute Gasteiger partial charge is 0.157 e. The van der Waals surface area contributed by atoms with E-state index in [1.807, 2.05) is 0 Å². The summed E-state index contributed by atoms with van der Waals surface area (Å²) in [4.78, 5) is 11.3. The molecule has 4 heteroatoms. The highest BCUT2D eigenvalue weighted by Crippen LogP contribution is 2.30. The zero-order valence-corrected chi connectivity index (χ0v) is 7.29. The van der Waals surface area contributed by atoms with Gasteiger partial charge in [-0.1, -0.05) is 11.6 Å². The van der Waals surface area contributed by atoms with Crippen LogP contribution in [0.2, 0.25) is 5.02 Å². The van der Waals surface area contributed by atoms with Crippen molar-refractivity contribution in [2.45, 2.75) is 19.4 Å². The van der Waals surface area contributed by atoms with E-state index in [4.69, 9.17) is 11.6 Å². The topological polar surface area (TPSA) is 34.9 Å². The van der Waals surface area contributed by atoms with Crippen LogP contribution in [0.15, 0.2) is 12.4 Å². The monoisotopic (exact) mass is 184 g/mol. The maximum atomic E-state index is 11.3. The summed E-state index contributed by atoms with van der Waals surface area (Å²) in [6, 6.07) is 0. The quantitative estimate of drug-likeness (QED) is 0.714. The summed E-state index contributed by atoms with van der Waals surface area (Å²) in [5.74, 6) is 0.572. The van der Waals surface area contributed by atoms with E-state index in [0.717, 1.165) is 12.8 Å². The summed E-state index contributed by atoms with van der Waals surface area (Å²) < 4.78 is 1.59. The average molecular weight is 185 g/mol. The second-order valence-corrected chi connectivity index (χ2v) is 3.53. The summed E-state index contributed by atoms with van der Waals surface area (Å²) >= 11 is 5.64. The van der Waals surface area contributed by atoms with E-state index in [2.05, 4.69) is 5.10 Å². The van der Waals surface area contributed by atoms with Crippen molar-refractivity contribution in [1.82, 2.24) is 9.78 Å². The van der Waals surface area contributed by atoms with Crippen LogP contribution in [0.3, 0.4) is 0 Å². The van der Waals surface area contributed by atoms with E-state index in [1.165, 1.54) is 0 Å². The van der Waals surface area contributed by atoms with E-state index >= 15 is 0 Å². The van der Waals surface area contributed by atoms with Crippen molar-refractivity contribution in [3.05, 3.63) is 17.4 Å². The first-order chi connectivity index (χ1) is 5.75. The van der Waals surface area contributed by atoms with Gasteiger partial charge in [-0.15, -0.1) is 0 Å². The fraction of sp³-hybridized carbons (Fsp3) is 0.500. The highest BCUT2D eigenvalue weighted by Gasteiger charge is 2.29. The summed E-state index contributed by atoms with van der Waals surface area (Å²) in [5, 5.41) is 4.51. The van der Waals surface area contributed by atoms with E-state index < -0.39 is 0 Å². The lowest BCUT2D eigenvalue weighted by Crippen LogP contribution is -2.11. The van der Waals surface area contributed by atoms with E-state index in [0.29, 0.717) is 17.5 Å². The molecule has 0 aliphatic heterocycles. The van der Waals surface area contributed by atoms with Crippen LogP contribution >= 0.6 is 11.6 Å². The molecular formula is C8H9ClN2O. The van der Waals surface area contributed by atoms with Gasteiger partial charge in [-0.05, 0) is 12.8 Å². The first kappa shape index (κ1) is 7.80. The second-order valence-electron chi connectivity index (χ2n) is 3.10. The fourth-order valence-electron chi connectivity index (χ4n) is 1.12. The van der Waals surface area contributed by atoms with Gasteiger partial charge < -0.3 is 0 Å². The molecule has 1 saturated carbocycles. The van der Waals surface area contributed by atoms with Crippen LogP contribution in [0.4, 0.5) is 0 Å². The third kappa shape index (κ3) is 1.67. The van der Waals surface area contributed by atoms with Crippen molar-refractivity contribution in [3.8, 4) is 0 Å². The lowest BCUT2D eigenvalue weighted by atomic mass is 10.3. The molecule has 0 bridgehead atoms. The fourth-order valence-corrected chi connectivity index (χ4v) is 1.28. The number of nitrogens with zero attached hydrogens (tertiary/aromatic N) is 2. The van der Waals surface area contributed by atoms with Gasteiger partial charge in [-0.2, -0.15) is 5.10 Å². The number of rotatable bonds is 3. The van der Waals surface area contributed by atoms with E-state index in [1.54, 1.807) is 17.1 Å². The largest absolute Gasteiger partial charge is 0.297 e. The Kier molecular flexibility index (Phi) is 1.89. The molecule has 1 heterocycles. The summed E-state index contributed by atoms with van der Waals surface area (Å²) in [6.07, 6.45) is 5.31. The molecule has 2 rings (SSSR count). The zero-order valence-electron chi connectivity index (χ0n) is 6.53. The number of carbonyl (C=O) groups is 1. The van der Waals surface area contributed by atoms with E-state index in [-0.39, 0.29) is 5.78 Å². The minimum Gasteiger partial charge on any atom is -0.297 e. The third-order valence-corrected chi connectivity index (χ3v) is 2.15. The summed E-state index contributed by atoms with van der Waals surface area (Å²) in [6.45, 7) is 0.372.